The van der Waals surface area contributed by atoms with Crippen molar-refractivity contribution in [1.82, 2.24) is 16.0 Å². The van der Waals surface area contributed by atoms with Crippen molar-refractivity contribution in [3.63, 3.8) is 0 Å². The number of thioether (sulfide) groups is 1. The van der Waals surface area contributed by atoms with E-state index in [2.05, 4.69) is 16.0 Å². The van der Waals surface area contributed by atoms with Gasteiger partial charge in [-0.2, -0.15) is 0 Å². The van der Waals surface area contributed by atoms with Crippen molar-refractivity contribution >= 4 is 34.6 Å². The van der Waals surface area contributed by atoms with Gasteiger partial charge in [-0.3, -0.25) is 19.2 Å². The minimum atomic E-state index is -0.852. The van der Waals surface area contributed by atoms with E-state index in [1.807, 2.05) is 0 Å². The molecule has 0 aliphatic carbocycles. The number of nitrogens with one attached hydrogen (secondary N) is 3. The molecule has 1 aliphatic heterocycles. The van der Waals surface area contributed by atoms with Crippen LogP contribution in [0.25, 0.3) is 0 Å². The monoisotopic (exact) mass is 367 g/mol. The number of carbonyl (C=O) groups excluding carboxylic acids is 4. The van der Waals surface area contributed by atoms with Gasteiger partial charge < -0.3 is 20.4 Å². The molecule has 1 saturated heterocycles. The van der Waals surface area contributed by atoms with Crippen LogP contribution in [0.15, 0.2) is 22.8 Å². The molecule has 1 fully saturated rings. The second kappa shape index (κ2) is 8.70. The van der Waals surface area contributed by atoms with Gasteiger partial charge in [0.2, 0.25) is 11.7 Å². The lowest BCUT2D eigenvalue weighted by Gasteiger charge is -2.26. The number of furan rings is 1. The first-order valence-corrected chi connectivity index (χ1v) is 8.95. The second-order valence-corrected chi connectivity index (χ2v) is 6.94. The Bertz CT molecular complexity index is 644. The molecule has 2 atom stereocenters. The Labute approximate surface area is 149 Å². The Morgan fingerprint density at radius 2 is 2.16 bits per heavy atom. The minimum absolute atomic E-state index is 0.180. The number of piperidine rings is 1. The second-order valence-electron chi connectivity index (χ2n) is 5.99. The maximum absolute atomic E-state index is 12.4. The fourth-order valence-electron chi connectivity index (χ4n) is 2.34. The number of hydrogen-bond acceptors (Lipinski definition) is 6. The fraction of sp³-hybridized carbons (Fsp3) is 0.500. The zero-order valence-corrected chi connectivity index (χ0v) is 14.9. The van der Waals surface area contributed by atoms with Gasteiger partial charge in [0.1, 0.15) is 11.8 Å². The zero-order chi connectivity index (χ0) is 18.4. The van der Waals surface area contributed by atoms with Crippen molar-refractivity contribution in [3.05, 3.63) is 24.2 Å². The van der Waals surface area contributed by atoms with Gasteiger partial charge in [0, 0.05) is 6.54 Å². The van der Waals surface area contributed by atoms with E-state index in [-0.39, 0.29) is 11.2 Å². The van der Waals surface area contributed by atoms with Crippen LogP contribution in [0, 0.1) is 5.92 Å². The van der Waals surface area contributed by atoms with E-state index < -0.39 is 29.7 Å². The largest absolute Gasteiger partial charge is 0.468 e. The van der Waals surface area contributed by atoms with Crippen LogP contribution in [0.5, 0.6) is 0 Å². The highest BCUT2D eigenvalue weighted by Gasteiger charge is 2.33. The molecule has 2 heterocycles. The van der Waals surface area contributed by atoms with Crippen molar-refractivity contribution in [2.45, 2.75) is 38.1 Å². The first-order chi connectivity index (χ1) is 11.9. The summed E-state index contributed by atoms with van der Waals surface area (Å²) >= 11 is 0.989. The van der Waals surface area contributed by atoms with E-state index in [4.69, 9.17) is 4.42 Å². The van der Waals surface area contributed by atoms with Gasteiger partial charge in [-0.05, 0) is 24.5 Å². The number of amides is 3. The molecule has 2 rings (SSSR count). The van der Waals surface area contributed by atoms with Crippen LogP contribution in [0.4, 0.5) is 4.79 Å². The van der Waals surface area contributed by atoms with Crippen LogP contribution in [-0.2, 0) is 20.1 Å². The maximum atomic E-state index is 12.4. The van der Waals surface area contributed by atoms with Gasteiger partial charge in [-0.1, -0.05) is 25.6 Å². The van der Waals surface area contributed by atoms with E-state index in [1.165, 1.54) is 6.26 Å². The summed E-state index contributed by atoms with van der Waals surface area (Å²) in [5.41, 5.74) is 0. The number of hydrogen-bond donors (Lipinski definition) is 3. The molecular formula is C16H21N3O5S. The third kappa shape index (κ3) is 5.35. The lowest BCUT2D eigenvalue weighted by Crippen LogP contribution is -2.57. The summed E-state index contributed by atoms with van der Waals surface area (Å²) in [6.07, 6.45) is 1.86. The van der Waals surface area contributed by atoms with Gasteiger partial charge in [-0.25, -0.2) is 0 Å². The van der Waals surface area contributed by atoms with Gasteiger partial charge in [0.15, 0.2) is 0 Å². The number of ketones is 1. The lowest BCUT2D eigenvalue weighted by molar-refractivity contribution is -0.142. The molecule has 3 N–H and O–H groups in total. The molecule has 1 aromatic rings. The van der Waals surface area contributed by atoms with Crippen LogP contribution in [0.1, 0.15) is 26.0 Å². The summed E-state index contributed by atoms with van der Waals surface area (Å²) < 4.78 is 5.15. The van der Waals surface area contributed by atoms with Gasteiger partial charge in [0.05, 0.1) is 18.1 Å². The predicted molar refractivity (Wildman–Crippen MR) is 91.7 cm³/mol. The Morgan fingerprint density at radius 1 is 1.40 bits per heavy atom. The van der Waals surface area contributed by atoms with Gasteiger partial charge in [0.25, 0.3) is 11.1 Å². The van der Waals surface area contributed by atoms with Crippen LogP contribution in [0.2, 0.25) is 0 Å². The molecule has 25 heavy (non-hydrogen) atoms. The molecule has 1 aliphatic rings. The predicted octanol–water partition coefficient (Wildman–Crippen LogP) is 0.821. The molecule has 0 bridgehead atoms. The normalized spacial score (nSPS) is 18.6. The molecule has 0 aromatic carbocycles. The highest BCUT2D eigenvalue weighted by molar-refractivity contribution is 8.12. The summed E-state index contributed by atoms with van der Waals surface area (Å²) in [4.78, 5) is 47.7. The van der Waals surface area contributed by atoms with E-state index in [0.29, 0.717) is 24.5 Å². The van der Waals surface area contributed by atoms with E-state index in [9.17, 15) is 19.2 Å². The molecule has 2 unspecified atom stereocenters. The number of rotatable bonds is 6. The first-order valence-electron chi connectivity index (χ1n) is 7.96. The highest BCUT2D eigenvalue weighted by Crippen LogP contribution is 2.14. The average Bonchev–Trinajstić information content (AvgIpc) is 3.08. The number of carbonyl (C=O) groups is 4. The first kappa shape index (κ1) is 19.0. The van der Waals surface area contributed by atoms with Crippen molar-refractivity contribution in [2.24, 2.45) is 5.92 Å². The molecule has 1 aromatic heterocycles. The smallest absolute Gasteiger partial charge is 0.289 e. The van der Waals surface area contributed by atoms with E-state index in [0.717, 1.165) is 11.8 Å². The Morgan fingerprint density at radius 3 is 2.80 bits per heavy atom. The van der Waals surface area contributed by atoms with Crippen molar-refractivity contribution in [3.8, 4) is 0 Å². The van der Waals surface area contributed by atoms with Crippen molar-refractivity contribution < 1.29 is 23.6 Å². The molecule has 136 valence electrons. The third-order valence-electron chi connectivity index (χ3n) is 3.72. The molecule has 9 heteroatoms. The SMILES string of the molecule is CC(C)C(NC(=O)SCc1ccco1)C(=O)NC1CCNC(=O)C1=O. The Kier molecular flexibility index (Phi) is 6.63. The maximum Gasteiger partial charge on any atom is 0.289 e. The highest BCUT2D eigenvalue weighted by atomic mass is 32.2. The van der Waals surface area contributed by atoms with Gasteiger partial charge in [-0.15, -0.1) is 0 Å². The van der Waals surface area contributed by atoms with Crippen LogP contribution in [-0.4, -0.2) is 41.5 Å². The summed E-state index contributed by atoms with van der Waals surface area (Å²) in [6, 6.07) is 1.84. The van der Waals surface area contributed by atoms with Crippen LogP contribution < -0.4 is 16.0 Å². The molecular weight excluding hydrogens is 346 g/mol. The fourth-order valence-corrected chi connectivity index (χ4v) is 2.99. The Hall–Kier alpha value is -2.29. The summed E-state index contributed by atoms with van der Waals surface area (Å²) in [5.74, 6) is -1.01. The average molecular weight is 367 g/mol. The topological polar surface area (TPSA) is 118 Å². The minimum Gasteiger partial charge on any atom is -0.468 e. The molecule has 0 saturated carbocycles. The van der Waals surface area contributed by atoms with E-state index in [1.54, 1.807) is 26.0 Å². The van der Waals surface area contributed by atoms with Gasteiger partial charge >= 0.3 is 0 Å². The standard InChI is InChI=1S/C16H21N3O5S/c1-9(2)12(19-16(23)25-8-10-4-3-7-24-10)14(21)18-11-5-6-17-15(22)13(11)20/h3-4,7,9,11-12H,5-6,8H2,1-2H3,(H,17,22)(H,18,21)(H,19,23). The van der Waals surface area contributed by atoms with Crippen LogP contribution >= 0.6 is 11.8 Å². The summed E-state index contributed by atoms with van der Waals surface area (Å²) in [6.45, 7) is 3.90. The third-order valence-corrected chi connectivity index (χ3v) is 4.53. The Balaban J connectivity index is 1.90. The van der Waals surface area contributed by atoms with E-state index >= 15 is 0 Å². The van der Waals surface area contributed by atoms with Crippen molar-refractivity contribution in [1.29, 1.82) is 0 Å². The molecule has 8 nitrogen and oxygen atoms in total. The summed E-state index contributed by atoms with van der Waals surface area (Å²) in [7, 11) is 0. The quantitative estimate of drug-likeness (QED) is 0.641. The number of Topliss-reactive ketones (excluding diaryl/α,β-unsaturated/α-hetero) is 1. The van der Waals surface area contributed by atoms with Crippen molar-refractivity contribution in [2.75, 3.05) is 6.54 Å². The molecule has 0 spiro atoms. The zero-order valence-electron chi connectivity index (χ0n) is 14.0. The van der Waals surface area contributed by atoms with Crippen LogP contribution in [0.3, 0.4) is 0 Å². The molecule has 0 radical (unpaired) electrons. The molecule has 3 amide bonds. The lowest BCUT2D eigenvalue weighted by atomic mass is 10.0. The summed E-state index contributed by atoms with van der Waals surface area (Å²) in [5, 5.41) is 7.28.